The van der Waals surface area contributed by atoms with Gasteiger partial charge in [-0.05, 0) is 103 Å². The molecule has 3 amide bonds. The maximum atomic E-state index is 13.2. The zero-order valence-electron chi connectivity index (χ0n) is 37.8. The molecule has 8 heteroatoms. The first kappa shape index (κ1) is 54.8. The Morgan fingerprint density at radius 3 is 1.30 bits per heavy atom. The second-order valence-electron chi connectivity index (χ2n) is 16.6. The molecule has 57 heavy (non-hydrogen) atoms. The van der Waals surface area contributed by atoms with E-state index in [1.165, 1.54) is 141 Å². The molecule has 0 aromatic carbocycles. The number of amides is 3. The molecule has 8 nitrogen and oxygen atoms in total. The predicted octanol–water partition coefficient (Wildman–Crippen LogP) is 11.7. The van der Waals surface area contributed by atoms with E-state index in [4.69, 9.17) is 11.5 Å². The second-order valence-corrected chi connectivity index (χ2v) is 16.6. The van der Waals surface area contributed by atoms with Gasteiger partial charge in [0.2, 0.25) is 17.7 Å². The summed E-state index contributed by atoms with van der Waals surface area (Å²) in [6.45, 7) is 7.49. The minimum Gasteiger partial charge on any atom is -0.356 e. The van der Waals surface area contributed by atoms with E-state index in [0.29, 0.717) is 58.4 Å². The Bertz CT molecular complexity index is 955. The van der Waals surface area contributed by atoms with Crippen molar-refractivity contribution in [3.05, 3.63) is 24.3 Å². The Balaban J connectivity index is 4.09. The molecule has 0 aromatic rings. The highest BCUT2D eigenvalue weighted by Gasteiger charge is 2.20. The van der Waals surface area contributed by atoms with Gasteiger partial charge in [-0.25, -0.2) is 0 Å². The van der Waals surface area contributed by atoms with Crippen molar-refractivity contribution < 1.29 is 14.4 Å². The van der Waals surface area contributed by atoms with E-state index >= 15 is 0 Å². The minimum absolute atomic E-state index is 0.0279. The summed E-state index contributed by atoms with van der Waals surface area (Å²) < 4.78 is 0. The molecule has 6 N–H and O–H groups in total. The molecular formula is C49H95N5O3. The maximum absolute atomic E-state index is 13.2. The normalized spacial score (nSPS) is 12.1. The average Bonchev–Trinajstić information content (AvgIpc) is 3.21. The van der Waals surface area contributed by atoms with Gasteiger partial charge >= 0.3 is 0 Å². The quantitative estimate of drug-likeness (QED) is 0.0360. The highest BCUT2D eigenvalue weighted by molar-refractivity contribution is 5.81. The number of carbonyl (C=O) groups excluding carboxylic acids is 3. The third kappa shape index (κ3) is 40.4. The molecule has 0 aliphatic rings. The number of unbranched alkanes of at least 4 members (excludes halogenated alkanes) is 24. The van der Waals surface area contributed by atoms with Crippen molar-refractivity contribution in [2.45, 2.75) is 238 Å². The molecule has 0 bridgehead atoms. The van der Waals surface area contributed by atoms with Crippen LogP contribution in [-0.2, 0) is 14.4 Å². The van der Waals surface area contributed by atoms with E-state index in [2.05, 4.69) is 48.8 Å². The lowest BCUT2D eigenvalue weighted by Crippen LogP contribution is -2.45. The summed E-state index contributed by atoms with van der Waals surface area (Å²) in [6, 6.07) is -0.529. The number of nitrogens with zero attached hydrogens (tertiary/aromatic N) is 1. The Morgan fingerprint density at radius 1 is 0.474 bits per heavy atom. The lowest BCUT2D eigenvalue weighted by molar-refractivity contribution is -0.133. The molecule has 0 saturated carbocycles. The van der Waals surface area contributed by atoms with E-state index < -0.39 is 6.04 Å². The van der Waals surface area contributed by atoms with Crippen molar-refractivity contribution in [2.75, 3.05) is 32.7 Å². The monoisotopic (exact) mass is 802 g/mol. The van der Waals surface area contributed by atoms with Gasteiger partial charge < -0.3 is 27.0 Å². The van der Waals surface area contributed by atoms with Gasteiger partial charge in [-0.3, -0.25) is 14.4 Å². The molecular weight excluding hydrogens is 707 g/mol. The Labute approximate surface area is 353 Å². The zero-order valence-corrected chi connectivity index (χ0v) is 37.8. The van der Waals surface area contributed by atoms with Crippen molar-refractivity contribution in [1.29, 1.82) is 0 Å². The maximum Gasteiger partial charge on any atom is 0.239 e. The van der Waals surface area contributed by atoms with Crippen molar-refractivity contribution in [3.8, 4) is 0 Å². The lowest BCUT2D eigenvalue weighted by atomic mass is 10.1. The summed E-state index contributed by atoms with van der Waals surface area (Å²) >= 11 is 0. The largest absolute Gasteiger partial charge is 0.356 e. The minimum atomic E-state index is -0.529. The van der Waals surface area contributed by atoms with Gasteiger partial charge in [0.25, 0.3) is 0 Å². The van der Waals surface area contributed by atoms with Gasteiger partial charge in [0.05, 0.1) is 6.04 Å². The van der Waals surface area contributed by atoms with E-state index in [1.807, 2.05) is 4.90 Å². The molecule has 0 heterocycles. The molecule has 0 saturated heterocycles. The van der Waals surface area contributed by atoms with Crippen LogP contribution in [0.2, 0.25) is 0 Å². The van der Waals surface area contributed by atoms with Gasteiger partial charge in [-0.1, -0.05) is 147 Å². The summed E-state index contributed by atoms with van der Waals surface area (Å²) in [7, 11) is 0. The molecule has 0 unspecified atom stereocenters. The summed E-state index contributed by atoms with van der Waals surface area (Å²) in [5.74, 6) is 0.196. The third-order valence-electron chi connectivity index (χ3n) is 11.0. The van der Waals surface area contributed by atoms with E-state index in [0.717, 1.165) is 51.4 Å². The Kier molecular flexibility index (Phi) is 43.2. The van der Waals surface area contributed by atoms with Crippen LogP contribution in [0.15, 0.2) is 24.3 Å². The first-order chi connectivity index (χ1) is 28.0. The Morgan fingerprint density at radius 2 is 0.860 bits per heavy atom. The number of hydrogen-bond acceptors (Lipinski definition) is 5. The van der Waals surface area contributed by atoms with Crippen LogP contribution >= 0.6 is 0 Å². The highest BCUT2D eigenvalue weighted by Crippen LogP contribution is 2.12. The fourth-order valence-electron chi connectivity index (χ4n) is 7.24. The second kappa shape index (κ2) is 44.9. The van der Waals surface area contributed by atoms with Crippen molar-refractivity contribution in [3.63, 3.8) is 0 Å². The highest BCUT2D eigenvalue weighted by atomic mass is 16.2. The van der Waals surface area contributed by atoms with Crippen LogP contribution in [0.4, 0.5) is 0 Å². The topological polar surface area (TPSA) is 131 Å². The van der Waals surface area contributed by atoms with Crippen molar-refractivity contribution in [1.82, 2.24) is 15.5 Å². The van der Waals surface area contributed by atoms with Crippen LogP contribution in [-0.4, -0.2) is 61.4 Å². The van der Waals surface area contributed by atoms with Gasteiger partial charge in [0.1, 0.15) is 0 Å². The number of carbonyl (C=O) groups is 3. The summed E-state index contributed by atoms with van der Waals surface area (Å²) in [6.07, 6.45) is 47.7. The van der Waals surface area contributed by atoms with Crippen LogP contribution in [0.25, 0.3) is 0 Å². The molecule has 0 aromatic heterocycles. The molecule has 0 fully saturated rings. The first-order valence-electron chi connectivity index (χ1n) is 24.5. The first-order valence-corrected chi connectivity index (χ1v) is 24.5. The van der Waals surface area contributed by atoms with Crippen LogP contribution in [0, 0.1) is 0 Å². The van der Waals surface area contributed by atoms with Gasteiger partial charge in [-0.2, -0.15) is 0 Å². The summed E-state index contributed by atoms with van der Waals surface area (Å²) in [5.41, 5.74) is 11.9. The molecule has 0 spiro atoms. The van der Waals surface area contributed by atoms with Crippen molar-refractivity contribution >= 4 is 17.7 Å². The molecule has 334 valence electrons. The number of nitrogens with two attached hydrogens (primary N) is 2. The van der Waals surface area contributed by atoms with E-state index in [1.54, 1.807) is 0 Å². The molecule has 0 aliphatic heterocycles. The van der Waals surface area contributed by atoms with Crippen molar-refractivity contribution in [2.24, 2.45) is 11.5 Å². The molecule has 0 radical (unpaired) electrons. The van der Waals surface area contributed by atoms with Gasteiger partial charge in [0, 0.05) is 39.0 Å². The Hall–Kier alpha value is -2.19. The fourth-order valence-corrected chi connectivity index (χ4v) is 7.24. The smallest absolute Gasteiger partial charge is 0.239 e. The SMILES string of the molecule is CCCCCCCC/C=C\CCCCCCCC(=O)NCCCCN(CCCNC(=O)CCCCCCC/C=C\CCCCCCCC)C(=O)[C@H](N)CCCCN. The van der Waals surface area contributed by atoms with Crippen LogP contribution in [0.1, 0.15) is 232 Å². The van der Waals surface area contributed by atoms with Crippen LogP contribution < -0.4 is 22.1 Å². The fraction of sp³-hybridized carbons (Fsp3) is 0.857. The van der Waals surface area contributed by atoms with Crippen LogP contribution in [0.3, 0.4) is 0 Å². The molecule has 0 rings (SSSR count). The number of hydrogen-bond donors (Lipinski definition) is 4. The van der Waals surface area contributed by atoms with Gasteiger partial charge in [0.15, 0.2) is 0 Å². The molecule has 0 aliphatic carbocycles. The van der Waals surface area contributed by atoms with E-state index in [9.17, 15) is 14.4 Å². The number of allylic oxidation sites excluding steroid dienone is 4. The molecule has 1 atom stereocenters. The number of rotatable bonds is 44. The average molecular weight is 802 g/mol. The zero-order chi connectivity index (χ0) is 41.7. The predicted molar refractivity (Wildman–Crippen MR) is 246 cm³/mol. The van der Waals surface area contributed by atoms with E-state index in [-0.39, 0.29) is 17.7 Å². The standard InChI is InChI=1S/C49H95N5O3/c1-3-5-7-9-11-13-15-17-19-21-23-25-27-29-31-39-47(55)52-42-35-36-44-54(49(57)46(51)38-33-34-41-50)45-37-43-53-48(56)40-32-30-28-26-24-22-20-18-16-14-12-10-8-6-4-2/h17-20,46H,3-16,21-45,50-51H2,1-2H3,(H,52,55)(H,53,56)/b19-17-,20-18-/t46-/m1/s1. The summed E-state index contributed by atoms with van der Waals surface area (Å²) in [5, 5.41) is 6.12. The van der Waals surface area contributed by atoms with Crippen LogP contribution in [0.5, 0.6) is 0 Å². The third-order valence-corrected chi connectivity index (χ3v) is 11.0. The number of nitrogens with one attached hydrogen (secondary N) is 2. The lowest BCUT2D eigenvalue weighted by Gasteiger charge is -2.26. The van der Waals surface area contributed by atoms with Gasteiger partial charge in [-0.15, -0.1) is 0 Å². The summed E-state index contributed by atoms with van der Waals surface area (Å²) in [4.78, 5) is 39.9.